The Morgan fingerprint density at radius 3 is 2.76 bits per heavy atom. The van der Waals surface area contributed by atoms with E-state index in [-0.39, 0.29) is 0 Å². The molecule has 0 radical (unpaired) electrons. The summed E-state index contributed by atoms with van der Waals surface area (Å²) in [5, 5.41) is 3.67. The average molecular weight is 297 g/mol. The first-order valence-electron chi connectivity index (χ1n) is 8.74. The molecule has 0 bridgehead atoms. The fourth-order valence-electron chi connectivity index (χ4n) is 3.74. The van der Waals surface area contributed by atoms with Crippen molar-refractivity contribution in [2.75, 3.05) is 53.0 Å². The van der Waals surface area contributed by atoms with E-state index in [0.717, 1.165) is 19.8 Å². The van der Waals surface area contributed by atoms with Crippen molar-refractivity contribution in [2.45, 2.75) is 52.1 Å². The van der Waals surface area contributed by atoms with Crippen molar-refractivity contribution in [2.24, 2.45) is 5.41 Å². The number of likely N-dealkylation sites (N-methyl/N-ethyl adjacent to an activating group) is 1. The number of hydrogen-bond acceptors (Lipinski definition) is 4. The summed E-state index contributed by atoms with van der Waals surface area (Å²) in [5.74, 6) is 0. The Bertz CT molecular complexity index is 302. The Morgan fingerprint density at radius 2 is 2.10 bits per heavy atom. The lowest BCUT2D eigenvalue weighted by Gasteiger charge is -2.43. The van der Waals surface area contributed by atoms with Crippen LogP contribution >= 0.6 is 0 Å². The monoisotopic (exact) mass is 297 g/mol. The molecule has 0 aromatic heterocycles. The molecule has 2 heterocycles. The predicted octanol–water partition coefficient (Wildman–Crippen LogP) is 1.81. The van der Waals surface area contributed by atoms with Crippen LogP contribution in [0.5, 0.6) is 0 Å². The third-order valence-electron chi connectivity index (χ3n) is 5.01. The van der Waals surface area contributed by atoms with Crippen LogP contribution in [0.2, 0.25) is 0 Å². The van der Waals surface area contributed by atoms with Crippen LogP contribution in [0, 0.1) is 5.41 Å². The van der Waals surface area contributed by atoms with Gasteiger partial charge in [0.25, 0.3) is 0 Å². The summed E-state index contributed by atoms with van der Waals surface area (Å²) in [6.45, 7) is 14.6. The minimum Gasteiger partial charge on any atom is -0.381 e. The van der Waals surface area contributed by atoms with Crippen LogP contribution in [0.3, 0.4) is 0 Å². The largest absolute Gasteiger partial charge is 0.381 e. The van der Waals surface area contributed by atoms with Crippen molar-refractivity contribution in [3.8, 4) is 0 Å². The van der Waals surface area contributed by atoms with E-state index >= 15 is 0 Å². The molecule has 2 aliphatic heterocycles. The summed E-state index contributed by atoms with van der Waals surface area (Å²) in [7, 11) is 2.25. The highest BCUT2D eigenvalue weighted by atomic mass is 16.5. The summed E-state index contributed by atoms with van der Waals surface area (Å²) in [5.41, 5.74) is 0.305. The molecule has 2 aliphatic rings. The summed E-state index contributed by atoms with van der Waals surface area (Å²) in [4.78, 5) is 5.18. The minimum atomic E-state index is 0.305. The van der Waals surface area contributed by atoms with Gasteiger partial charge in [0.15, 0.2) is 0 Å². The summed E-state index contributed by atoms with van der Waals surface area (Å²) < 4.78 is 5.87. The Balaban J connectivity index is 1.99. The van der Waals surface area contributed by atoms with Crippen LogP contribution in [0.4, 0.5) is 0 Å². The highest BCUT2D eigenvalue weighted by Crippen LogP contribution is 2.30. The lowest BCUT2D eigenvalue weighted by molar-refractivity contribution is -0.0321. The first-order valence-corrected chi connectivity index (χ1v) is 8.74. The van der Waals surface area contributed by atoms with Gasteiger partial charge in [-0.3, -0.25) is 4.90 Å². The van der Waals surface area contributed by atoms with Gasteiger partial charge < -0.3 is 15.0 Å². The second kappa shape index (κ2) is 7.91. The van der Waals surface area contributed by atoms with Gasteiger partial charge in [0.2, 0.25) is 0 Å². The molecule has 124 valence electrons. The van der Waals surface area contributed by atoms with E-state index in [0.29, 0.717) is 17.5 Å². The van der Waals surface area contributed by atoms with Crippen LogP contribution in [-0.2, 0) is 4.74 Å². The van der Waals surface area contributed by atoms with Crippen LogP contribution in [0.25, 0.3) is 0 Å². The molecule has 2 unspecified atom stereocenters. The topological polar surface area (TPSA) is 27.7 Å². The smallest absolute Gasteiger partial charge is 0.0546 e. The number of nitrogens with one attached hydrogen (secondary N) is 1. The summed E-state index contributed by atoms with van der Waals surface area (Å²) >= 11 is 0. The molecule has 2 fully saturated rings. The second-order valence-electron chi connectivity index (χ2n) is 7.63. The van der Waals surface area contributed by atoms with E-state index < -0.39 is 0 Å². The summed E-state index contributed by atoms with van der Waals surface area (Å²) in [6.07, 6.45) is 3.79. The van der Waals surface area contributed by atoms with Crippen LogP contribution < -0.4 is 5.32 Å². The molecule has 2 saturated heterocycles. The van der Waals surface area contributed by atoms with E-state index in [9.17, 15) is 0 Å². The van der Waals surface area contributed by atoms with Crippen molar-refractivity contribution >= 4 is 0 Å². The van der Waals surface area contributed by atoms with E-state index in [1.165, 1.54) is 45.4 Å². The Hall–Kier alpha value is -0.160. The van der Waals surface area contributed by atoms with Crippen LogP contribution in [-0.4, -0.2) is 74.9 Å². The van der Waals surface area contributed by atoms with Gasteiger partial charge in [-0.25, -0.2) is 0 Å². The van der Waals surface area contributed by atoms with Crippen molar-refractivity contribution in [1.29, 1.82) is 0 Å². The standard InChI is InChI=1S/C17H35N3O/c1-15(2)18-12-17(7-5-10-21-14-17)13-20-9-6-8-19(4)11-16(20)3/h15-16,18H,5-14H2,1-4H3. The van der Waals surface area contributed by atoms with Gasteiger partial charge in [0, 0.05) is 43.7 Å². The number of hydrogen-bond donors (Lipinski definition) is 1. The fourth-order valence-corrected chi connectivity index (χ4v) is 3.74. The highest BCUT2D eigenvalue weighted by Gasteiger charge is 2.36. The fraction of sp³-hybridized carbons (Fsp3) is 1.00. The molecule has 2 rings (SSSR count). The molecule has 0 saturated carbocycles. The van der Waals surface area contributed by atoms with Gasteiger partial charge in [0.05, 0.1) is 6.61 Å². The average Bonchev–Trinajstić information content (AvgIpc) is 2.59. The SMILES string of the molecule is CC(C)NCC1(CN2CCCN(C)CC2C)CCCOC1. The van der Waals surface area contributed by atoms with E-state index in [1.54, 1.807) is 0 Å². The first-order chi connectivity index (χ1) is 10.0. The lowest BCUT2D eigenvalue weighted by atomic mass is 9.81. The summed E-state index contributed by atoms with van der Waals surface area (Å²) in [6, 6.07) is 1.20. The first kappa shape index (κ1) is 17.2. The van der Waals surface area contributed by atoms with Gasteiger partial charge in [0.1, 0.15) is 0 Å². The normalized spacial score (nSPS) is 33.3. The molecule has 4 heteroatoms. The maximum absolute atomic E-state index is 5.87. The van der Waals surface area contributed by atoms with E-state index in [1.807, 2.05) is 0 Å². The second-order valence-corrected chi connectivity index (χ2v) is 7.63. The molecule has 2 atom stereocenters. The number of rotatable bonds is 5. The van der Waals surface area contributed by atoms with Gasteiger partial charge in [-0.1, -0.05) is 13.8 Å². The van der Waals surface area contributed by atoms with Crippen LogP contribution in [0.1, 0.15) is 40.0 Å². The Labute approximate surface area is 131 Å². The maximum Gasteiger partial charge on any atom is 0.0546 e. The van der Waals surface area contributed by atoms with Gasteiger partial charge >= 0.3 is 0 Å². The van der Waals surface area contributed by atoms with E-state index in [2.05, 4.69) is 42.9 Å². The van der Waals surface area contributed by atoms with Crippen molar-refractivity contribution in [3.63, 3.8) is 0 Å². The Morgan fingerprint density at radius 1 is 1.29 bits per heavy atom. The molecular formula is C17H35N3O. The molecule has 0 aromatic carbocycles. The van der Waals surface area contributed by atoms with Gasteiger partial charge in [-0.15, -0.1) is 0 Å². The minimum absolute atomic E-state index is 0.305. The zero-order valence-electron chi connectivity index (χ0n) is 14.5. The zero-order chi connectivity index (χ0) is 15.3. The molecular weight excluding hydrogens is 262 g/mol. The van der Waals surface area contributed by atoms with Crippen molar-refractivity contribution < 1.29 is 4.74 Å². The zero-order valence-corrected chi connectivity index (χ0v) is 14.5. The number of nitrogens with zero attached hydrogens (tertiary/aromatic N) is 2. The van der Waals surface area contributed by atoms with E-state index in [4.69, 9.17) is 4.74 Å². The van der Waals surface area contributed by atoms with Gasteiger partial charge in [-0.05, 0) is 46.3 Å². The third kappa shape index (κ3) is 5.20. The molecule has 0 aliphatic carbocycles. The van der Waals surface area contributed by atoms with Crippen molar-refractivity contribution in [3.05, 3.63) is 0 Å². The molecule has 21 heavy (non-hydrogen) atoms. The predicted molar refractivity (Wildman–Crippen MR) is 88.8 cm³/mol. The molecule has 1 N–H and O–H groups in total. The van der Waals surface area contributed by atoms with Gasteiger partial charge in [-0.2, -0.15) is 0 Å². The molecule has 0 amide bonds. The molecule has 4 nitrogen and oxygen atoms in total. The molecule has 0 aromatic rings. The van der Waals surface area contributed by atoms with Crippen LogP contribution in [0.15, 0.2) is 0 Å². The third-order valence-corrected chi connectivity index (χ3v) is 5.01. The lowest BCUT2D eigenvalue weighted by Crippen LogP contribution is -2.52. The Kier molecular flexibility index (Phi) is 6.48. The number of ether oxygens (including phenoxy) is 1. The molecule has 0 spiro atoms. The highest BCUT2D eigenvalue weighted by molar-refractivity contribution is 4.90. The maximum atomic E-state index is 5.87. The quantitative estimate of drug-likeness (QED) is 0.837. The van der Waals surface area contributed by atoms with Crippen molar-refractivity contribution in [1.82, 2.24) is 15.1 Å².